The number of rotatable bonds is 8. The highest BCUT2D eigenvalue weighted by atomic mass is 32.2. The SMILES string of the molecule is Cc1ccc(C(=O)OC(=O)[C@@H](O)[C@H](O)C(=O)OC(=O)c2ccc(C)cc2)cc1.FC(F)(F)Sc1ccc2c(c1)C(=C1CCN(CC3CC3)CC1)c1ccccc1C=C2. The zero-order valence-electron chi connectivity index (χ0n) is 31.8. The molecule has 0 bridgehead atoms. The molecule has 0 radical (unpaired) electrons. The topological polar surface area (TPSA) is 130 Å². The first-order valence-electron chi connectivity index (χ1n) is 18.8. The van der Waals surface area contributed by atoms with Gasteiger partial charge in [0.25, 0.3) is 0 Å². The number of carbonyl (C=O) groups is 4. The predicted molar refractivity (Wildman–Crippen MR) is 213 cm³/mol. The van der Waals surface area contributed by atoms with Crippen molar-refractivity contribution >= 4 is 53.4 Å². The number of thioether (sulfide) groups is 1. The molecule has 4 aromatic rings. The number of aliphatic hydroxyl groups is 2. The Hall–Kier alpha value is -5.34. The molecule has 1 aliphatic heterocycles. The Bertz CT molecular complexity index is 2140. The third-order valence-corrected chi connectivity index (χ3v) is 10.7. The van der Waals surface area contributed by atoms with Gasteiger partial charge in [-0.15, -0.1) is 0 Å². The summed E-state index contributed by atoms with van der Waals surface area (Å²) in [5, 5.41) is 19.5. The van der Waals surface area contributed by atoms with Crippen molar-refractivity contribution in [2.45, 2.75) is 62.1 Å². The van der Waals surface area contributed by atoms with Crippen molar-refractivity contribution < 1.29 is 52.0 Å². The number of hydrogen-bond acceptors (Lipinski definition) is 10. The fourth-order valence-electron chi connectivity index (χ4n) is 6.65. The molecule has 0 aromatic heterocycles. The highest BCUT2D eigenvalue weighted by Crippen LogP contribution is 2.43. The standard InChI is InChI=1S/C25H24F3NS.C20H18O8/c26-25(27,28)30-21-10-9-19-8-7-18-3-1-2-4-22(18)24(23(19)15-21)20-11-13-29(14-12-20)16-17-5-6-17;1-11-3-7-13(8-4-11)17(23)27-19(25)15(21)16(22)20(26)28-18(24)14-9-5-12(2)6-10-14/h1-4,7-10,15,17H,5-6,11-14,16H2;3-10,15-16,21-22H,1-2H3/t;15-,16-/m.0/s1. The minimum atomic E-state index is -4.28. The first-order chi connectivity index (χ1) is 27.6. The second kappa shape index (κ2) is 18.5. The van der Waals surface area contributed by atoms with Gasteiger partial charge >= 0.3 is 29.4 Å². The van der Waals surface area contributed by atoms with Gasteiger partial charge in [0, 0.05) is 24.5 Å². The lowest BCUT2D eigenvalue weighted by Crippen LogP contribution is -2.43. The lowest BCUT2D eigenvalue weighted by molar-refractivity contribution is -0.166. The number of alkyl halides is 3. The molecule has 2 atom stereocenters. The van der Waals surface area contributed by atoms with Crippen LogP contribution in [0.5, 0.6) is 0 Å². The maximum absolute atomic E-state index is 13.0. The van der Waals surface area contributed by atoms with Crippen molar-refractivity contribution in [1.82, 2.24) is 4.90 Å². The van der Waals surface area contributed by atoms with Crippen molar-refractivity contribution in [1.29, 1.82) is 0 Å². The Kier molecular flexibility index (Phi) is 13.5. The maximum atomic E-state index is 13.0. The first-order valence-corrected chi connectivity index (χ1v) is 19.6. The van der Waals surface area contributed by atoms with Crippen molar-refractivity contribution in [2.75, 3.05) is 19.6 Å². The number of aryl methyl sites for hydroxylation is 2. The number of aliphatic hydroxyl groups excluding tert-OH is 2. The molecule has 0 amide bonds. The van der Waals surface area contributed by atoms with Crippen LogP contribution in [0.3, 0.4) is 0 Å². The maximum Gasteiger partial charge on any atom is 0.446 e. The molecular weight excluding hydrogens is 772 g/mol. The summed E-state index contributed by atoms with van der Waals surface area (Å²) in [5.41, 5.74) is 4.23. The van der Waals surface area contributed by atoms with E-state index in [1.165, 1.54) is 49.2 Å². The van der Waals surface area contributed by atoms with Gasteiger partial charge in [-0.05, 0) is 121 Å². The van der Waals surface area contributed by atoms with E-state index in [0.717, 1.165) is 70.8 Å². The molecular formula is C45H42F3NO8S. The van der Waals surface area contributed by atoms with E-state index in [-0.39, 0.29) is 27.8 Å². The Labute approximate surface area is 338 Å². The monoisotopic (exact) mass is 813 g/mol. The molecule has 4 aromatic carbocycles. The summed E-state index contributed by atoms with van der Waals surface area (Å²) >= 11 is -0.0304. The largest absolute Gasteiger partial charge is 0.446 e. The van der Waals surface area contributed by atoms with Crippen LogP contribution in [-0.2, 0) is 19.1 Å². The lowest BCUT2D eigenvalue weighted by Gasteiger charge is -2.30. The molecule has 1 heterocycles. The van der Waals surface area contributed by atoms with Gasteiger partial charge in [-0.25, -0.2) is 19.2 Å². The summed E-state index contributed by atoms with van der Waals surface area (Å²) < 4.78 is 47.9. The average molecular weight is 814 g/mol. The number of ether oxygens (including phenoxy) is 2. The zero-order chi connectivity index (χ0) is 41.6. The number of hydrogen-bond donors (Lipinski definition) is 2. The van der Waals surface area contributed by atoms with Crippen LogP contribution in [0.15, 0.2) is 101 Å². The van der Waals surface area contributed by atoms with Gasteiger partial charge < -0.3 is 24.6 Å². The molecule has 0 unspecified atom stereocenters. The number of likely N-dealkylation sites (tertiary alicyclic amines) is 1. The van der Waals surface area contributed by atoms with E-state index in [9.17, 15) is 42.6 Å². The van der Waals surface area contributed by atoms with Crippen LogP contribution in [0.2, 0.25) is 0 Å². The Morgan fingerprint density at radius 1 is 0.724 bits per heavy atom. The molecule has 9 nitrogen and oxygen atoms in total. The van der Waals surface area contributed by atoms with Crippen molar-refractivity contribution in [3.8, 4) is 0 Å². The van der Waals surface area contributed by atoms with E-state index in [1.807, 2.05) is 24.3 Å². The van der Waals surface area contributed by atoms with Crippen LogP contribution in [0.1, 0.15) is 79.8 Å². The van der Waals surface area contributed by atoms with Crippen LogP contribution in [0.25, 0.3) is 17.7 Å². The van der Waals surface area contributed by atoms with Crippen LogP contribution in [-0.4, -0.2) is 76.3 Å². The lowest BCUT2D eigenvalue weighted by atomic mass is 9.86. The molecule has 1 saturated carbocycles. The number of benzene rings is 4. The molecule has 58 heavy (non-hydrogen) atoms. The minimum Gasteiger partial charge on any atom is -0.387 e. The average Bonchev–Trinajstić information content (AvgIpc) is 4.04. The highest BCUT2D eigenvalue weighted by Gasteiger charge is 2.36. The van der Waals surface area contributed by atoms with Crippen molar-refractivity contribution in [2.24, 2.45) is 5.92 Å². The minimum absolute atomic E-state index is 0.0304. The molecule has 3 aliphatic rings. The van der Waals surface area contributed by atoms with E-state index >= 15 is 0 Å². The molecule has 7 rings (SSSR count). The predicted octanol–water partition coefficient (Wildman–Crippen LogP) is 8.18. The van der Waals surface area contributed by atoms with E-state index in [1.54, 1.807) is 50.2 Å². The molecule has 13 heteroatoms. The van der Waals surface area contributed by atoms with Gasteiger partial charge in [0.05, 0.1) is 11.1 Å². The van der Waals surface area contributed by atoms with Crippen LogP contribution < -0.4 is 0 Å². The quantitative estimate of drug-likeness (QED) is 0.0899. The molecule has 1 saturated heterocycles. The van der Waals surface area contributed by atoms with Crippen molar-refractivity contribution in [3.63, 3.8) is 0 Å². The normalized spacial score (nSPS) is 16.1. The number of carbonyl (C=O) groups excluding carboxylic acids is 4. The molecule has 302 valence electrons. The van der Waals surface area contributed by atoms with Crippen LogP contribution >= 0.6 is 11.8 Å². The van der Waals surface area contributed by atoms with Gasteiger partial charge in [-0.3, -0.25) is 0 Å². The van der Waals surface area contributed by atoms with E-state index in [0.29, 0.717) is 0 Å². The third kappa shape index (κ3) is 11.2. The van der Waals surface area contributed by atoms with Gasteiger partial charge in [0.2, 0.25) is 0 Å². The second-order valence-electron chi connectivity index (χ2n) is 14.5. The fourth-order valence-corrected chi connectivity index (χ4v) is 7.23. The highest BCUT2D eigenvalue weighted by molar-refractivity contribution is 8.00. The number of nitrogens with zero attached hydrogens (tertiary/aromatic N) is 1. The molecule has 2 N–H and O–H groups in total. The summed E-state index contributed by atoms with van der Waals surface area (Å²) in [4.78, 5) is 50.1. The van der Waals surface area contributed by atoms with Gasteiger partial charge in [0.15, 0.2) is 12.2 Å². The smallest absolute Gasteiger partial charge is 0.387 e. The Morgan fingerprint density at radius 3 is 1.72 bits per heavy atom. The number of halogens is 3. The Balaban J connectivity index is 0.000000196. The number of esters is 4. The third-order valence-electron chi connectivity index (χ3n) is 9.97. The van der Waals surface area contributed by atoms with Gasteiger partial charge in [-0.1, -0.05) is 83.4 Å². The summed E-state index contributed by atoms with van der Waals surface area (Å²) in [6.07, 6.45) is 3.97. The fraction of sp³-hybridized carbons (Fsp3) is 0.289. The Morgan fingerprint density at radius 2 is 1.22 bits per heavy atom. The number of fused-ring (bicyclic) bond motifs is 2. The zero-order valence-corrected chi connectivity index (χ0v) is 32.6. The van der Waals surface area contributed by atoms with E-state index in [4.69, 9.17) is 0 Å². The van der Waals surface area contributed by atoms with E-state index < -0.39 is 41.6 Å². The molecule has 2 aliphatic carbocycles. The van der Waals surface area contributed by atoms with Gasteiger partial charge in [-0.2, -0.15) is 13.2 Å². The number of piperidine rings is 1. The van der Waals surface area contributed by atoms with E-state index in [2.05, 4.69) is 32.6 Å². The summed E-state index contributed by atoms with van der Waals surface area (Å²) in [6, 6.07) is 25.4. The first kappa shape index (κ1) is 42.3. The second-order valence-corrected chi connectivity index (χ2v) is 15.6. The van der Waals surface area contributed by atoms with Crippen molar-refractivity contribution in [3.05, 3.63) is 141 Å². The molecule has 2 fully saturated rings. The molecule has 0 spiro atoms. The van der Waals surface area contributed by atoms with Crippen LogP contribution in [0.4, 0.5) is 13.2 Å². The van der Waals surface area contributed by atoms with Gasteiger partial charge in [0.1, 0.15) is 0 Å². The summed E-state index contributed by atoms with van der Waals surface area (Å²) in [6.45, 7) is 6.87. The van der Waals surface area contributed by atoms with Crippen LogP contribution in [0, 0.1) is 19.8 Å². The summed E-state index contributed by atoms with van der Waals surface area (Å²) in [7, 11) is 0. The summed E-state index contributed by atoms with van der Waals surface area (Å²) in [5.74, 6) is -4.37.